The van der Waals surface area contributed by atoms with Crippen molar-refractivity contribution in [2.45, 2.75) is 6.42 Å². The summed E-state index contributed by atoms with van der Waals surface area (Å²) in [5.74, 6) is -1.25. The van der Waals surface area contributed by atoms with Gasteiger partial charge in [0.25, 0.3) is 10.2 Å². The first-order chi connectivity index (χ1) is 6.82. The summed E-state index contributed by atoms with van der Waals surface area (Å²) in [7, 11) is -1.17. The third-order valence-electron chi connectivity index (χ3n) is 1.57. The highest BCUT2D eigenvalue weighted by atomic mass is 32.2. The van der Waals surface area contributed by atoms with E-state index in [2.05, 4.69) is 0 Å². The van der Waals surface area contributed by atoms with Crippen LogP contribution in [0.2, 0.25) is 0 Å². The number of hydrogen-bond donors (Lipinski definition) is 1. The Bertz CT molecular complexity index is 357. The molecular formula is C7H13N3O4S. The van der Waals surface area contributed by atoms with Gasteiger partial charge in [-0.2, -0.15) is 22.3 Å². The molecule has 0 heterocycles. The summed E-state index contributed by atoms with van der Waals surface area (Å²) < 4.78 is 24.8. The van der Waals surface area contributed by atoms with Gasteiger partial charge in [0.05, 0.1) is 6.07 Å². The molecule has 0 atom stereocenters. The highest BCUT2D eigenvalue weighted by molar-refractivity contribution is 7.86. The van der Waals surface area contributed by atoms with Crippen LogP contribution < -0.4 is 0 Å². The van der Waals surface area contributed by atoms with Crippen LogP contribution in [-0.2, 0) is 15.0 Å². The van der Waals surface area contributed by atoms with Crippen LogP contribution in [0.3, 0.4) is 0 Å². The second-order valence-electron chi connectivity index (χ2n) is 2.93. The van der Waals surface area contributed by atoms with Crippen LogP contribution in [0.25, 0.3) is 0 Å². The Hall–Kier alpha value is -1.17. The molecule has 0 radical (unpaired) electrons. The van der Waals surface area contributed by atoms with Crippen molar-refractivity contribution in [2.24, 2.45) is 0 Å². The lowest BCUT2D eigenvalue weighted by atomic mass is 10.4. The van der Waals surface area contributed by atoms with Crippen molar-refractivity contribution in [3.8, 4) is 6.07 Å². The highest BCUT2D eigenvalue weighted by Gasteiger charge is 2.25. The second-order valence-corrected chi connectivity index (χ2v) is 5.07. The van der Waals surface area contributed by atoms with Crippen molar-refractivity contribution in [1.82, 2.24) is 8.61 Å². The second kappa shape index (κ2) is 5.65. The molecule has 8 heteroatoms. The van der Waals surface area contributed by atoms with Crippen LogP contribution in [0.1, 0.15) is 6.42 Å². The Morgan fingerprint density at radius 3 is 2.33 bits per heavy atom. The minimum Gasteiger partial charge on any atom is -0.480 e. The fourth-order valence-corrected chi connectivity index (χ4v) is 1.89. The van der Waals surface area contributed by atoms with Crippen LogP contribution in [0, 0.1) is 11.3 Å². The lowest BCUT2D eigenvalue weighted by molar-refractivity contribution is -0.137. The van der Waals surface area contributed by atoms with Gasteiger partial charge in [-0.3, -0.25) is 4.79 Å². The lowest BCUT2D eigenvalue weighted by Gasteiger charge is -2.22. The standard InChI is InChI=1S/C7H13N3O4S/c1-9(2)15(13,14)10(5-3-4-8)6-7(11)12/h3,5-6H2,1-2H3,(H,11,12). The summed E-state index contributed by atoms with van der Waals surface area (Å²) in [6.07, 6.45) is -0.0413. The Balaban J connectivity index is 4.78. The molecule has 0 aromatic rings. The number of carbonyl (C=O) groups is 1. The number of rotatable bonds is 6. The van der Waals surface area contributed by atoms with Gasteiger partial charge in [0.15, 0.2) is 0 Å². The van der Waals surface area contributed by atoms with Gasteiger partial charge in [0.1, 0.15) is 6.54 Å². The van der Waals surface area contributed by atoms with Gasteiger partial charge in [-0.25, -0.2) is 0 Å². The number of nitriles is 1. The largest absolute Gasteiger partial charge is 0.480 e. The molecule has 0 aliphatic rings. The monoisotopic (exact) mass is 235 g/mol. The number of carboxylic acid groups (broad SMARTS) is 1. The van der Waals surface area contributed by atoms with Crippen LogP contribution in [-0.4, -0.2) is 55.3 Å². The normalized spacial score (nSPS) is 11.7. The third-order valence-corrected chi connectivity index (χ3v) is 3.46. The van der Waals surface area contributed by atoms with E-state index in [0.29, 0.717) is 0 Å². The zero-order valence-corrected chi connectivity index (χ0v) is 9.36. The van der Waals surface area contributed by atoms with Crippen molar-refractivity contribution >= 4 is 16.2 Å². The van der Waals surface area contributed by atoms with Gasteiger partial charge < -0.3 is 5.11 Å². The smallest absolute Gasteiger partial charge is 0.318 e. The molecule has 0 aromatic carbocycles. The Labute approximate surface area is 88.7 Å². The summed E-state index contributed by atoms with van der Waals surface area (Å²) in [5.41, 5.74) is 0. The van der Waals surface area contributed by atoms with E-state index in [0.717, 1.165) is 8.61 Å². The lowest BCUT2D eigenvalue weighted by Crippen LogP contribution is -2.43. The van der Waals surface area contributed by atoms with Gasteiger partial charge in [0, 0.05) is 27.1 Å². The van der Waals surface area contributed by atoms with E-state index in [1.807, 2.05) is 0 Å². The minimum absolute atomic E-state index is 0.0413. The molecule has 7 nitrogen and oxygen atoms in total. The summed E-state index contributed by atoms with van der Waals surface area (Å²) in [5, 5.41) is 16.8. The van der Waals surface area contributed by atoms with Crippen LogP contribution >= 0.6 is 0 Å². The van der Waals surface area contributed by atoms with E-state index >= 15 is 0 Å². The van der Waals surface area contributed by atoms with Gasteiger partial charge in [0.2, 0.25) is 0 Å². The van der Waals surface area contributed by atoms with Crippen molar-refractivity contribution in [3.05, 3.63) is 0 Å². The molecule has 86 valence electrons. The van der Waals surface area contributed by atoms with Gasteiger partial charge in [-0.15, -0.1) is 0 Å². The molecule has 0 aliphatic carbocycles. The zero-order chi connectivity index (χ0) is 12.1. The maximum Gasteiger partial charge on any atom is 0.318 e. The molecule has 0 aliphatic heterocycles. The van der Waals surface area contributed by atoms with Gasteiger partial charge >= 0.3 is 5.97 Å². The van der Waals surface area contributed by atoms with Gasteiger partial charge in [-0.05, 0) is 0 Å². The first kappa shape index (κ1) is 13.8. The molecule has 15 heavy (non-hydrogen) atoms. The average molecular weight is 235 g/mol. The summed E-state index contributed by atoms with van der Waals surface area (Å²) in [6, 6.07) is 1.76. The first-order valence-electron chi connectivity index (χ1n) is 4.08. The molecule has 0 saturated heterocycles. The summed E-state index contributed by atoms with van der Waals surface area (Å²) in [4.78, 5) is 10.4. The van der Waals surface area contributed by atoms with Crippen molar-refractivity contribution < 1.29 is 18.3 Å². The van der Waals surface area contributed by atoms with E-state index in [-0.39, 0.29) is 13.0 Å². The van der Waals surface area contributed by atoms with Crippen LogP contribution in [0.4, 0.5) is 0 Å². The molecule has 0 spiro atoms. The average Bonchev–Trinajstić information content (AvgIpc) is 2.11. The molecule has 0 rings (SSSR count). The predicted octanol–water partition coefficient (Wildman–Crippen LogP) is -0.907. The Morgan fingerprint density at radius 1 is 1.47 bits per heavy atom. The van der Waals surface area contributed by atoms with Crippen LogP contribution in [0.15, 0.2) is 0 Å². The molecule has 0 amide bonds. The van der Waals surface area contributed by atoms with E-state index < -0.39 is 22.7 Å². The maximum atomic E-state index is 11.6. The number of carboxylic acids is 1. The molecule has 0 aromatic heterocycles. The van der Waals surface area contributed by atoms with E-state index in [1.165, 1.54) is 14.1 Å². The quantitative estimate of drug-likeness (QED) is 0.642. The third kappa shape index (κ3) is 4.24. The van der Waals surface area contributed by atoms with E-state index in [9.17, 15) is 13.2 Å². The fourth-order valence-electron chi connectivity index (χ4n) is 0.832. The predicted molar refractivity (Wildman–Crippen MR) is 52.0 cm³/mol. The summed E-state index contributed by atoms with van der Waals surface area (Å²) >= 11 is 0. The minimum atomic E-state index is -3.77. The molecule has 0 saturated carbocycles. The Morgan fingerprint density at radius 2 is 2.00 bits per heavy atom. The number of aliphatic carboxylic acids is 1. The maximum absolute atomic E-state index is 11.6. The van der Waals surface area contributed by atoms with Crippen LogP contribution in [0.5, 0.6) is 0 Å². The van der Waals surface area contributed by atoms with E-state index in [4.69, 9.17) is 10.4 Å². The highest BCUT2D eigenvalue weighted by Crippen LogP contribution is 2.04. The zero-order valence-electron chi connectivity index (χ0n) is 8.54. The SMILES string of the molecule is CN(C)S(=O)(=O)N(CCC#N)CC(=O)O. The summed E-state index contributed by atoms with van der Waals surface area (Å²) in [6.45, 7) is -0.758. The number of hydrogen-bond acceptors (Lipinski definition) is 4. The first-order valence-corrected chi connectivity index (χ1v) is 5.48. The Kier molecular flexibility index (Phi) is 5.21. The van der Waals surface area contributed by atoms with Crippen molar-refractivity contribution in [2.75, 3.05) is 27.2 Å². The molecular weight excluding hydrogens is 222 g/mol. The number of nitrogens with zero attached hydrogens (tertiary/aromatic N) is 3. The van der Waals surface area contributed by atoms with Crippen molar-refractivity contribution in [3.63, 3.8) is 0 Å². The molecule has 0 unspecified atom stereocenters. The molecule has 0 bridgehead atoms. The molecule has 0 fully saturated rings. The van der Waals surface area contributed by atoms with Crippen molar-refractivity contribution in [1.29, 1.82) is 5.26 Å². The van der Waals surface area contributed by atoms with Gasteiger partial charge in [-0.1, -0.05) is 0 Å². The topological polar surface area (TPSA) is 102 Å². The molecule has 1 N–H and O–H groups in total. The van der Waals surface area contributed by atoms with E-state index in [1.54, 1.807) is 6.07 Å². The fraction of sp³-hybridized carbons (Fsp3) is 0.714.